The maximum absolute atomic E-state index is 12.6. The molecule has 5 aromatic rings. The van der Waals surface area contributed by atoms with Crippen LogP contribution in [0.1, 0.15) is 116 Å². The number of phenols is 2. The van der Waals surface area contributed by atoms with E-state index in [-0.39, 0.29) is 11.5 Å². The van der Waals surface area contributed by atoms with Crippen LogP contribution in [0.2, 0.25) is 0 Å². The number of aliphatic hydroxyl groups is 2. The average Bonchev–Trinajstić information content (AvgIpc) is 3.16. The lowest BCUT2D eigenvalue weighted by Gasteiger charge is -2.34. The van der Waals surface area contributed by atoms with Crippen LogP contribution >= 0.6 is 0 Å². The van der Waals surface area contributed by atoms with E-state index in [0.29, 0.717) is 59.6 Å². The molecule has 0 amide bonds. The minimum absolute atomic E-state index is 0.000775. The summed E-state index contributed by atoms with van der Waals surface area (Å²) in [5, 5.41) is 69.3. The van der Waals surface area contributed by atoms with E-state index < -0.39 is 11.2 Å². The molecule has 0 saturated carbocycles. The Bertz CT molecular complexity index is 1860. The summed E-state index contributed by atoms with van der Waals surface area (Å²) >= 11 is 0. The highest BCUT2D eigenvalue weighted by molar-refractivity contribution is 5.96. The SMILES string of the molecule is CCCCC(O)(CCCC)c1cc(N=Nc2c(O)ccc3ccccc23)c(C(O)(CCCC)CCCC)cc1N=Nc1c(O)ccc2ccccc12. The molecule has 0 fully saturated rings. The molecule has 8 nitrogen and oxygen atoms in total. The lowest BCUT2D eigenvalue weighted by molar-refractivity contribution is 0.0113. The number of aromatic hydroxyl groups is 2. The Labute approximate surface area is 308 Å². The molecule has 0 heterocycles. The number of hydrogen-bond acceptors (Lipinski definition) is 8. The van der Waals surface area contributed by atoms with Crippen molar-refractivity contribution >= 4 is 44.3 Å². The molecule has 5 rings (SSSR count). The van der Waals surface area contributed by atoms with Crippen LogP contribution in [-0.2, 0) is 11.2 Å². The molecule has 5 aromatic carbocycles. The second kappa shape index (κ2) is 17.7. The first kappa shape index (κ1) is 38.6. The largest absolute Gasteiger partial charge is 0.506 e. The van der Waals surface area contributed by atoms with Crippen LogP contribution < -0.4 is 0 Å². The Morgan fingerprint density at radius 1 is 0.462 bits per heavy atom. The van der Waals surface area contributed by atoms with Gasteiger partial charge in [-0.15, -0.1) is 20.5 Å². The van der Waals surface area contributed by atoms with Crippen molar-refractivity contribution in [2.24, 2.45) is 20.5 Å². The number of phenolic OH excluding ortho intramolecular Hbond substituents is 2. The van der Waals surface area contributed by atoms with Crippen LogP contribution in [0.4, 0.5) is 22.7 Å². The van der Waals surface area contributed by atoms with Gasteiger partial charge in [-0.25, -0.2) is 0 Å². The summed E-state index contributed by atoms with van der Waals surface area (Å²) in [6.07, 6.45) is 8.76. The van der Waals surface area contributed by atoms with Gasteiger partial charge in [0.2, 0.25) is 0 Å². The van der Waals surface area contributed by atoms with E-state index in [4.69, 9.17) is 10.2 Å². The summed E-state index contributed by atoms with van der Waals surface area (Å²) in [4.78, 5) is 0. The van der Waals surface area contributed by atoms with E-state index in [0.717, 1.165) is 72.9 Å². The first-order chi connectivity index (χ1) is 25.2. The van der Waals surface area contributed by atoms with Crippen molar-refractivity contribution in [3.63, 3.8) is 0 Å². The molecule has 0 spiro atoms. The topological polar surface area (TPSA) is 130 Å². The number of hydrogen-bond donors (Lipinski definition) is 4. The number of rotatable bonds is 18. The molecule has 0 radical (unpaired) electrons. The third-order valence-electron chi connectivity index (χ3n) is 10.2. The van der Waals surface area contributed by atoms with Gasteiger partial charge in [0.15, 0.2) is 0 Å². The molecule has 0 aliphatic rings. The van der Waals surface area contributed by atoms with E-state index in [2.05, 4.69) is 37.9 Å². The Kier molecular flexibility index (Phi) is 13.1. The molecule has 0 saturated heterocycles. The first-order valence-corrected chi connectivity index (χ1v) is 19.1. The Morgan fingerprint density at radius 2 is 0.808 bits per heavy atom. The van der Waals surface area contributed by atoms with Gasteiger partial charge in [-0.2, -0.15) is 0 Å². The molecule has 0 unspecified atom stereocenters. The average molecular weight is 703 g/mol. The highest BCUT2D eigenvalue weighted by Crippen LogP contribution is 2.48. The van der Waals surface area contributed by atoms with Crippen LogP contribution in [-0.4, -0.2) is 20.4 Å². The number of unbranched alkanes of at least 4 members (excludes halogenated alkanes) is 4. The summed E-state index contributed by atoms with van der Waals surface area (Å²) in [7, 11) is 0. The zero-order valence-corrected chi connectivity index (χ0v) is 31.1. The number of fused-ring (bicyclic) bond motifs is 2. The maximum atomic E-state index is 12.6. The lowest BCUT2D eigenvalue weighted by Crippen LogP contribution is -2.28. The monoisotopic (exact) mass is 702 g/mol. The van der Waals surface area contributed by atoms with Gasteiger partial charge in [-0.1, -0.05) is 140 Å². The van der Waals surface area contributed by atoms with Crippen molar-refractivity contribution in [1.29, 1.82) is 0 Å². The van der Waals surface area contributed by atoms with Crippen LogP contribution in [0.3, 0.4) is 0 Å². The van der Waals surface area contributed by atoms with Crippen molar-refractivity contribution in [3.05, 3.63) is 96.1 Å². The van der Waals surface area contributed by atoms with Crippen molar-refractivity contribution in [3.8, 4) is 11.5 Å². The Morgan fingerprint density at radius 3 is 1.15 bits per heavy atom. The van der Waals surface area contributed by atoms with Gasteiger partial charge in [0.25, 0.3) is 0 Å². The van der Waals surface area contributed by atoms with Crippen molar-refractivity contribution in [2.45, 2.75) is 116 Å². The summed E-state index contributed by atoms with van der Waals surface area (Å²) in [6, 6.07) is 25.9. The molecule has 0 aliphatic heterocycles. The van der Waals surface area contributed by atoms with Gasteiger partial charge >= 0.3 is 0 Å². The molecule has 4 N–H and O–H groups in total. The number of nitrogens with zero attached hydrogens (tertiary/aromatic N) is 4. The molecule has 52 heavy (non-hydrogen) atoms. The van der Waals surface area contributed by atoms with Crippen LogP contribution in [0, 0.1) is 0 Å². The lowest BCUT2D eigenvalue weighted by atomic mass is 9.78. The molecule has 0 aromatic heterocycles. The van der Waals surface area contributed by atoms with E-state index >= 15 is 0 Å². The zero-order chi connectivity index (χ0) is 37.1. The fraction of sp³-hybridized carbons (Fsp3) is 0.409. The smallest absolute Gasteiger partial charge is 0.143 e. The van der Waals surface area contributed by atoms with Crippen molar-refractivity contribution < 1.29 is 20.4 Å². The highest BCUT2D eigenvalue weighted by atomic mass is 16.3. The second-order valence-electron chi connectivity index (χ2n) is 14.1. The predicted octanol–water partition coefficient (Wildman–Crippen LogP) is 13.4. The van der Waals surface area contributed by atoms with Crippen LogP contribution in [0.15, 0.2) is 105 Å². The number of benzene rings is 5. The minimum atomic E-state index is -1.27. The first-order valence-electron chi connectivity index (χ1n) is 19.1. The van der Waals surface area contributed by atoms with Crippen molar-refractivity contribution in [2.75, 3.05) is 0 Å². The molecule has 0 bridgehead atoms. The molecule has 8 heteroatoms. The molecule has 274 valence electrons. The van der Waals surface area contributed by atoms with Gasteiger partial charge in [-0.05, 0) is 60.7 Å². The zero-order valence-electron chi connectivity index (χ0n) is 31.1. The normalized spacial score (nSPS) is 12.6. The minimum Gasteiger partial charge on any atom is -0.506 e. The summed E-state index contributed by atoms with van der Waals surface area (Å²) < 4.78 is 0. The Hall–Kier alpha value is -4.66. The third kappa shape index (κ3) is 8.68. The van der Waals surface area contributed by atoms with Gasteiger partial charge in [0.1, 0.15) is 22.9 Å². The molecule has 0 atom stereocenters. The predicted molar refractivity (Wildman–Crippen MR) is 212 cm³/mol. The van der Waals surface area contributed by atoms with E-state index in [1.807, 2.05) is 72.8 Å². The van der Waals surface area contributed by atoms with Crippen molar-refractivity contribution in [1.82, 2.24) is 0 Å². The van der Waals surface area contributed by atoms with E-state index in [1.165, 1.54) is 0 Å². The van der Waals surface area contributed by atoms with Crippen LogP contribution in [0.5, 0.6) is 11.5 Å². The summed E-state index contributed by atoms with van der Waals surface area (Å²) in [5.41, 5.74) is 0.0489. The van der Waals surface area contributed by atoms with Gasteiger partial charge < -0.3 is 20.4 Å². The fourth-order valence-corrected chi connectivity index (χ4v) is 7.06. The van der Waals surface area contributed by atoms with Gasteiger partial charge in [0.05, 0.1) is 22.6 Å². The maximum Gasteiger partial charge on any atom is 0.143 e. The quantitative estimate of drug-likeness (QED) is 0.0677. The number of azo groups is 2. The molecule has 0 aliphatic carbocycles. The van der Waals surface area contributed by atoms with Gasteiger partial charge in [0, 0.05) is 21.9 Å². The fourth-order valence-electron chi connectivity index (χ4n) is 7.06. The van der Waals surface area contributed by atoms with E-state index in [9.17, 15) is 20.4 Å². The van der Waals surface area contributed by atoms with E-state index in [1.54, 1.807) is 12.1 Å². The third-order valence-corrected chi connectivity index (χ3v) is 10.2. The summed E-state index contributed by atoms with van der Waals surface area (Å²) in [6.45, 7) is 8.41. The highest BCUT2D eigenvalue weighted by Gasteiger charge is 2.36. The second-order valence-corrected chi connectivity index (χ2v) is 14.1. The Balaban J connectivity index is 1.81. The standard InChI is InChI=1S/C44H54N4O4/c1-5-9-25-43(51,26-10-6-2)35-29-38(46-48-42-34-20-16-14-18-32(34)22-24-40(42)50)36(44(52,27-11-7-3)28-12-8-4)30-37(35)45-47-41-33-19-15-13-17-31(33)21-23-39(41)49/h13-24,29-30,49-52H,5-12,25-28H2,1-4H3. The summed E-state index contributed by atoms with van der Waals surface area (Å²) in [5.74, 6) is -0.00155. The molecular formula is C44H54N4O4. The van der Waals surface area contributed by atoms with Gasteiger partial charge in [-0.3, -0.25) is 0 Å². The molecular weight excluding hydrogens is 649 g/mol. The van der Waals surface area contributed by atoms with Crippen LogP contribution in [0.25, 0.3) is 21.5 Å².